The summed E-state index contributed by atoms with van der Waals surface area (Å²) in [5.41, 5.74) is 8.39. The summed E-state index contributed by atoms with van der Waals surface area (Å²) in [6, 6.07) is 46.7. The Kier molecular flexibility index (Phi) is 8.12. The molecule has 0 saturated heterocycles. The number of carbonyl (C=O) groups is 2. The fourth-order valence-corrected chi connectivity index (χ4v) is 8.01. The fraction of sp³-hybridized carbons (Fsp3) is 0.167. The smallest absolute Gasteiger partial charge is 0.197 e. The molecule has 0 fully saturated rings. The Morgan fingerprint density at radius 3 is 1.52 bits per heavy atom. The van der Waals surface area contributed by atoms with Gasteiger partial charge in [-0.05, 0) is 122 Å². The van der Waals surface area contributed by atoms with Gasteiger partial charge in [0.05, 0.1) is 5.57 Å². The van der Waals surface area contributed by atoms with Gasteiger partial charge in [-0.3, -0.25) is 9.59 Å². The molecule has 256 valence electrons. The van der Waals surface area contributed by atoms with Crippen LogP contribution in [-0.4, -0.2) is 11.6 Å². The maximum Gasteiger partial charge on any atom is 0.197 e. The largest absolute Gasteiger partial charge is 0.310 e. The van der Waals surface area contributed by atoms with Gasteiger partial charge in [-0.1, -0.05) is 108 Å². The van der Waals surface area contributed by atoms with Crippen molar-refractivity contribution in [3.63, 3.8) is 0 Å². The maximum absolute atomic E-state index is 13.4. The Bertz CT molecular complexity index is 2440. The third-order valence-electron chi connectivity index (χ3n) is 10.1. The molecule has 7 aromatic rings. The van der Waals surface area contributed by atoms with E-state index < -0.39 is 0 Å². The van der Waals surface area contributed by atoms with Crippen LogP contribution in [0.25, 0.3) is 38.1 Å². The quantitative estimate of drug-likeness (QED) is 0.133. The molecule has 0 aliphatic heterocycles. The summed E-state index contributed by atoms with van der Waals surface area (Å²) in [5, 5.41) is 4.21. The molecule has 4 heteroatoms. The van der Waals surface area contributed by atoms with Gasteiger partial charge in [-0.2, -0.15) is 0 Å². The van der Waals surface area contributed by atoms with E-state index >= 15 is 0 Å². The zero-order valence-corrected chi connectivity index (χ0v) is 31.3. The molecule has 0 saturated carbocycles. The van der Waals surface area contributed by atoms with E-state index in [-0.39, 0.29) is 28.0 Å². The van der Waals surface area contributed by atoms with Gasteiger partial charge in [0.1, 0.15) is 0 Å². The van der Waals surface area contributed by atoms with E-state index in [0.717, 1.165) is 53.9 Å². The number of anilines is 3. The van der Waals surface area contributed by atoms with Crippen LogP contribution in [-0.2, 0) is 10.8 Å². The van der Waals surface area contributed by atoms with E-state index in [0.29, 0.717) is 11.1 Å². The number of fused-ring (bicyclic) bond motifs is 3. The van der Waals surface area contributed by atoms with E-state index in [2.05, 4.69) is 137 Å². The highest BCUT2D eigenvalue weighted by Gasteiger charge is 2.33. The second-order valence-corrected chi connectivity index (χ2v) is 17.0. The number of nitrogens with zero attached hydrogens (tertiary/aromatic N) is 1. The van der Waals surface area contributed by atoms with Gasteiger partial charge < -0.3 is 4.90 Å². The number of ketones is 2. The molecule has 1 heterocycles. The summed E-state index contributed by atoms with van der Waals surface area (Å²) in [6.07, 6.45) is 1.76. The monoisotopic (exact) mass is 695 g/mol. The molecule has 1 aromatic heterocycles. The first-order valence-electron chi connectivity index (χ1n) is 17.8. The summed E-state index contributed by atoms with van der Waals surface area (Å²) < 4.78 is 0. The van der Waals surface area contributed by atoms with Crippen molar-refractivity contribution in [1.29, 1.82) is 0 Å². The number of thiophene rings is 1. The summed E-state index contributed by atoms with van der Waals surface area (Å²) in [4.78, 5) is 31.0. The topological polar surface area (TPSA) is 37.4 Å². The fourth-order valence-electron chi connectivity index (χ4n) is 7.06. The zero-order chi connectivity index (χ0) is 36.4. The summed E-state index contributed by atoms with van der Waals surface area (Å²) in [7, 11) is 0. The van der Waals surface area contributed by atoms with Crippen molar-refractivity contribution in [2.75, 3.05) is 4.90 Å². The minimum absolute atomic E-state index is 0.0747. The molecule has 3 nitrogen and oxygen atoms in total. The second kappa shape index (κ2) is 12.6. The van der Waals surface area contributed by atoms with Crippen LogP contribution in [0.4, 0.5) is 17.1 Å². The number of Topliss-reactive ketones (excluding diaryl/α,β-unsaturated/α-hetero) is 2. The number of benzene rings is 6. The van der Waals surface area contributed by atoms with Crippen molar-refractivity contribution >= 4 is 67.6 Å². The van der Waals surface area contributed by atoms with Crippen molar-refractivity contribution in [1.82, 2.24) is 0 Å². The standard InChI is InChI=1S/C48H41NO2S/c1-47(2,3)35-14-19-37(20-15-35)49(38-21-16-36(17-22-38)48(4,5)6)39-18-13-32-25-34(12-11-33(32)26-39)44-24-23-40(52-44)29-43-45(50)41-27-30-9-7-8-10-31(30)28-42(41)46(43)51/h7-29H,1-6H3. The van der Waals surface area contributed by atoms with E-state index in [1.54, 1.807) is 17.4 Å². The number of rotatable bonds is 5. The van der Waals surface area contributed by atoms with Crippen LogP contribution in [0.2, 0.25) is 0 Å². The molecular formula is C48H41NO2S. The highest BCUT2D eigenvalue weighted by Crippen LogP contribution is 2.40. The summed E-state index contributed by atoms with van der Waals surface area (Å²) in [6.45, 7) is 13.5. The van der Waals surface area contributed by atoms with Crippen molar-refractivity contribution in [3.05, 3.63) is 166 Å². The first kappa shape index (κ1) is 33.6. The van der Waals surface area contributed by atoms with Gasteiger partial charge in [0.2, 0.25) is 0 Å². The average Bonchev–Trinajstić information content (AvgIpc) is 3.69. The number of allylic oxidation sites excluding steroid dienone is 1. The van der Waals surface area contributed by atoms with Gasteiger partial charge in [-0.25, -0.2) is 0 Å². The van der Waals surface area contributed by atoms with Gasteiger partial charge in [-0.15, -0.1) is 11.3 Å². The molecule has 0 spiro atoms. The molecule has 0 radical (unpaired) electrons. The predicted octanol–water partition coefficient (Wildman–Crippen LogP) is 13.2. The highest BCUT2D eigenvalue weighted by atomic mass is 32.1. The van der Waals surface area contributed by atoms with Crippen molar-refractivity contribution in [3.8, 4) is 10.4 Å². The Hall–Kier alpha value is -5.58. The van der Waals surface area contributed by atoms with Crippen LogP contribution in [0.3, 0.4) is 0 Å². The average molecular weight is 696 g/mol. The van der Waals surface area contributed by atoms with Crippen LogP contribution < -0.4 is 4.90 Å². The predicted molar refractivity (Wildman–Crippen MR) is 220 cm³/mol. The lowest BCUT2D eigenvalue weighted by Gasteiger charge is -2.28. The first-order chi connectivity index (χ1) is 24.8. The molecule has 52 heavy (non-hydrogen) atoms. The lowest BCUT2D eigenvalue weighted by Crippen LogP contribution is -2.14. The van der Waals surface area contributed by atoms with E-state index in [4.69, 9.17) is 0 Å². The third kappa shape index (κ3) is 6.18. The SMILES string of the molecule is CC(C)(C)c1ccc(N(c2ccc(C(C)(C)C)cc2)c2ccc3cc(-c4ccc(C=C5C(=O)c6cc7ccccc7cc6C5=O)s4)ccc3c2)cc1. The Balaban J connectivity index is 1.10. The molecule has 1 aliphatic rings. The van der Waals surface area contributed by atoms with E-state index in [1.807, 2.05) is 42.5 Å². The maximum atomic E-state index is 13.4. The Labute approximate surface area is 309 Å². The Morgan fingerprint density at radius 1 is 0.500 bits per heavy atom. The summed E-state index contributed by atoms with van der Waals surface area (Å²) in [5.74, 6) is -0.405. The van der Waals surface area contributed by atoms with Gasteiger partial charge in [0.15, 0.2) is 11.6 Å². The van der Waals surface area contributed by atoms with Crippen LogP contribution in [0.1, 0.15) is 78.3 Å². The molecule has 0 unspecified atom stereocenters. The normalized spacial score (nSPS) is 13.2. The van der Waals surface area contributed by atoms with E-state index in [1.165, 1.54) is 11.1 Å². The lowest BCUT2D eigenvalue weighted by atomic mass is 9.86. The van der Waals surface area contributed by atoms with Crippen LogP contribution >= 0.6 is 11.3 Å². The second-order valence-electron chi connectivity index (χ2n) is 15.8. The highest BCUT2D eigenvalue weighted by molar-refractivity contribution is 7.16. The van der Waals surface area contributed by atoms with Crippen molar-refractivity contribution in [2.24, 2.45) is 0 Å². The van der Waals surface area contributed by atoms with Crippen LogP contribution in [0.15, 0.2) is 139 Å². The first-order valence-corrected chi connectivity index (χ1v) is 18.6. The number of carbonyl (C=O) groups excluding carboxylic acids is 2. The molecule has 0 bridgehead atoms. The molecular weight excluding hydrogens is 655 g/mol. The minimum Gasteiger partial charge on any atom is -0.310 e. The molecule has 0 N–H and O–H groups in total. The zero-order valence-electron chi connectivity index (χ0n) is 30.5. The van der Waals surface area contributed by atoms with Gasteiger partial charge >= 0.3 is 0 Å². The Morgan fingerprint density at radius 2 is 0.981 bits per heavy atom. The molecule has 0 atom stereocenters. The number of hydrogen-bond acceptors (Lipinski definition) is 4. The molecule has 6 aromatic carbocycles. The van der Waals surface area contributed by atoms with Crippen LogP contribution in [0.5, 0.6) is 0 Å². The van der Waals surface area contributed by atoms with E-state index in [9.17, 15) is 9.59 Å². The molecule has 0 amide bonds. The van der Waals surface area contributed by atoms with Crippen LogP contribution in [0, 0.1) is 0 Å². The van der Waals surface area contributed by atoms with Crippen molar-refractivity contribution in [2.45, 2.75) is 52.4 Å². The molecule has 8 rings (SSSR count). The minimum atomic E-state index is -0.202. The van der Waals surface area contributed by atoms with Gasteiger partial charge in [0, 0.05) is 37.9 Å². The number of hydrogen-bond donors (Lipinski definition) is 0. The summed E-state index contributed by atoms with van der Waals surface area (Å²) >= 11 is 1.59. The lowest BCUT2D eigenvalue weighted by molar-refractivity contribution is 0.0990. The van der Waals surface area contributed by atoms with Crippen molar-refractivity contribution < 1.29 is 9.59 Å². The van der Waals surface area contributed by atoms with Gasteiger partial charge in [0.25, 0.3) is 0 Å². The molecule has 1 aliphatic carbocycles. The third-order valence-corrected chi connectivity index (χ3v) is 11.2.